The van der Waals surface area contributed by atoms with Crippen molar-refractivity contribution in [2.45, 2.75) is 20.4 Å². The maximum atomic E-state index is 12.3. The largest absolute Gasteiger partial charge is 0.451 e. The lowest BCUT2D eigenvalue weighted by Gasteiger charge is -2.04. The zero-order chi connectivity index (χ0) is 20.3. The molecule has 0 fully saturated rings. The smallest absolute Gasteiger partial charge is 0.348 e. The predicted octanol–water partition coefficient (Wildman–Crippen LogP) is 1.52. The minimum atomic E-state index is -0.669. The van der Waals surface area contributed by atoms with Gasteiger partial charge in [-0.15, -0.1) is 11.3 Å². The maximum absolute atomic E-state index is 12.3. The summed E-state index contributed by atoms with van der Waals surface area (Å²) in [4.78, 5) is 35.7. The molecular weight excluding hydrogens is 380 g/mol. The predicted molar refractivity (Wildman–Crippen MR) is 105 cm³/mol. The number of esters is 1. The van der Waals surface area contributed by atoms with Gasteiger partial charge in [-0.25, -0.2) is 4.79 Å². The second-order valence-electron chi connectivity index (χ2n) is 6.38. The topological polar surface area (TPSA) is 116 Å². The molecule has 1 aromatic carbocycles. The van der Waals surface area contributed by atoms with E-state index >= 15 is 0 Å². The SMILES string of the molecule is Cc1ccc(Cn2nc(C)c3cc(C(=O)OCC(=O)NCC(N)=O)sc32)cc1. The molecule has 28 heavy (non-hydrogen) atoms. The molecule has 2 amide bonds. The van der Waals surface area contributed by atoms with Crippen molar-refractivity contribution in [1.82, 2.24) is 15.1 Å². The Labute approximate surface area is 165 Å². The van der Waals surface area contributed by atoms with Crippen LogP contribution in [0.1, 0.15) is 26.5 Å². The molecule has 3 N–H and O–H groups in total. The van der Waals surface area contributed by atoms with Crippen molar-refractivity contribution in [2.75, 3.05) is 13.2 Å². The minimum absolute atomic E-state index is 0.298. The molecular formula is C19H20N4O4S. The van der Waals surface area contributed by atoms with Crippen LogP contribution in [0.15, 0.2) is 30.3 Å². The second kappa shape index (κ2) is 8.22. The van der Waals surface area contributed by atoms with Gasteiger partial charge in [0.1, 0.15) is 9.71 Å². The van der Waals surface area contributed by atoms with E-state index in [4.69, 9.17) is 10.5 Å². The first-order valence-corrected chi connectivity index (χ1v) is 9.39. The number of amides is 2. The van der Waals surface area contributed by atoms with Gasteiger partial charge in [0.2, 0.25) is 5.91 Å². The molecule has 0 unspecified atom stereocenters. The zero-order valence-electron chi connectivity index (χ0n) is 15.5. The monoisotopic (exact) mass is 400 g/mol. The lowest BCUT2D eigenvalue weighted by Crippen LogP contribution is -2.35. The van der Waals surface area contributed by atoms with Crippen LogP contribution in [-0.4, -0.2) is 40.7 Å². The second-order valence-corrected chi connectivity index (χ2v) is 7.41. The molecule has 0 spiro atoms. The van der Waals surface area contributed by atoms with E-state index in [1.165, 1.54) is 16.9 Å². The summed E-state index contributed by atoms with van der Waals surface area (Å²) in [6, 6.07) is 9.90. The van der Waals surface area contributed by atoms with Crippen molar-refractivity contribution >= 4 is 39.3 Å². The lowest BCUT2D eigenvalue weighted by molar-refractivity contribution is -0.127. The van der Waals surface area contributed by atoms with Crippen molar-refractivity contribution in [2.24, 2.45) is 5.73 Å². The Morgan fingerprint density at radius 3 is 2.61 bits per heavy atom. The van der Waals surface area contributed by atoms with Gasteiger partial charge in [0, 0.05) is 5.39 Å². The van der Waals surface area contributed by atoms with Gasteiger partial charge in [-0.05, 0) is 25.5 Å². The number of benzene rings is 1. The molecule has 0 aliphatic heterocycles. The van der Waals surface area contributed by atoms with Crippen molar-refractivity contribution in [3.05, 3.63) is 52.0 Å². The number of nitrogens with two attached hydrogens (primary N) is 1. The van der Waals surface area contributed by atoms with Crippen LogP contribution in [0.4, 0.5) is 0 Å². The minimum Gasteiger partial charge on any atom is -0.451 e. The normalized spacial score (nSPS) is 10.8. The van der Waals surface area contributed by atoms with E-state index in [0.29, 0.717) is 11.4 Å². The fourth-order valence-corrected chi connectivity index (χ4v) is 3.68. The third-order valence-corrected chi connectivity index (χ3v) is 5.18. The number of ether oxygens (including phenoxy) is 1. The average Bonchev–Trinajstić information content (AvgIpc) is 3.21. The molecule has 2 aromatic heterocycles. The van der Waals surface area contributed by atoms with Crippen LogP contribution in [0.25, 0.3) is 10.2 Å². The Balaban J connectivity index is 1.71. The van der Waals surface area contributed by atoms with E-state index in [9.17, 15) is 14.4 Å². The lowest BCUT2D eigenvalue weighted by atomic mass is 10.1. The van der Waals surface area contributed by atoms with Gasteiger partial charge in [-0.1, -0.05) is 29.8 Å². The van der Waals surface area contributed by atoms with Crippen molar-refractivity contribution < 1.29 is 19.1 Å². The van der Waals surface area contributed by atoms with Crippen LogP contribution in [0.5, 0.6) is 0 Å². The number of nitrogens with one attached hydrogen (secondary N) is 1. The highest BCUT2D eigenvalue weighted by Crippen LogP contribution is 2.29. The first-order chi connectivity index (χ1) is 13.3. The van der Waals surface area contributed by atoms with Crippen LogP contribution in [0.3, 0.4) is 0 Å². The number of aromatic nitrogens is 2. The Hall–Kier alpha value is -3.20. The molecule has 0 saturated heterocycles. The molecule has 146 valence electrons. The first kappa shape index (κ1) is 19.6. The molecule has 3 rings (SSSR count). The standard InChI is InChI=1S/C19H20N4O4S/c1-11-3-5-13(6-4-11)9-23-18-14(12(2)22-23)7-15(28-18)19(26)27-10-17(25)21-8-16(20)24/h3-7H,8-10H2,1-2H3,(H2,20,24)(H,21,25). The summed E-state index contributed by atoms with van der Waals surface area (Å²) < 4.78 is 6.87. The first-order valence-electron chi connectivity index (χ1n) is 8.58. The fraction of sp³-hybridized carbons (Fsp3) is 0.263. The summed E-state index contributed by atoms with van der Waals surface area (Å²) in [7, 11) is 0. The number of primary amides is 1. The highest BCUT2D eigenvalue weighted by Gasteiger charge is 2.18. The molecule has 3 aromatic rings. The fourth-order valence-electron chi connectivity index (χ4n) is 2.63. The number of nitrogens with zero attached hydrogens (tertiary/aromatic N) is 2. The summed E-state index contributed by atoms with van der Waals surface area (Å²) in [6.07, 6.45) is 0. The molecule has 0 aliphatic carbocycles. The Morgan fingerprint density at radius 1 is 1.21 bits per heavy atom. The molecule has 8 nitrogen and oxygen atoms in total. The van der Waals surface area contributed by atoms with Gasteiger partial charge < -0.3 is 15.8 Å². The van der Waals surface area contributed by atoms with Gasteiger partial charge in [0.15, 0.2) is 6.61 Å². The number of thiophene rings is 1. The number of hydrogen-bond acceptors (Lipinski definition) is 6. The molecule has 0 saturated carbocycles. The van der Waals surface area contributed by atoms with Gasteiger partial charge in [0.05, 0.1) is 18.8 Å². The van der Waals surface area contributed by atoms with Crippen LogP contribution < -0.4 is 11.1 Å². The van der Waals surface area contributed by atoms with Crippen LogP contribution in [0.2, 0.25) is 0 Å². The van der Waals surface area contributed by atoms with Gasteiger partial charge in [0.25, 0.3) is 5.91 Å². The van der Waals surface area contributed by atoms with Crippen molar-refractivity contribution in [3.8, 4) is 0 Å². The van der Waals surface area contributed by atoms with Crippen molar-refractivity contribution in [1.29, 1.82) is 0 Å². The van der Waals surface area contributed by atoms with E-state index in [-0.39, 0.29) is 6.54 Å². The van der Waals surface area contributed by atoms with E-state index < -0.39 is 24.4 Å². The molecule has 9 heteroatoms. The summed E-state index contributed by atoms with van der Waals surface area (Å²) in [5, 5.41) is 7.69. The van der Waals surface area contributed by atoms with Gasteiger partial charge in [-0.3, -0.25) is 14.3 Å². The maximum Gasteiger partial charge on any atom is 0.348 e. The number of rotatable bonds is 7. The number of fused-ring (bicyclic) bond motifs is 1. The molecule has 0 bridgehead atoms. The highest BCUT2D eigenvalue weighted by atomic mass is 32.1. The Kier molecular flexibility index (Phi) is 5.74. The van der Waals surface area contributed by atoms with Crippen LogP contribution in [0, 0.1) is 13.8 Å². The number of hydrogen-bond donors (Lipinski definition) is 2. The quantitative estimate of drug-likeness (QED) is 0.583. The molecule has 0 aliphatic rings. The van der Waals surface area contributed by atoms with Crippen molar-refractivity contribution in [3.63, 3.8) is 0 Å². The molecule has 0 atom stereocenters. The van der Waals surface area contributed by atoms with Gasteiger partial charge >= 0.3 is 5.97 Å². The van der Waals surface area contributed by atoms with Gasteiger partial charge in [-0.2, -0.15) is 5.10 Å². The Morgan fingerprint density at radius 2 is 1.93 bits per heavy atom. The summed E-state index contributed by atoms with van der Waals surface area (Å²) in [5.74, 6) is -1.86. The van der Waals surface area contributed by atoms with E-state index in [0.717, 1.165) is 21.5 Å². The van der Waals surface area contributed by atoms with E-state index in [1.54, 1.807) is 6.07 Å². The number of carbonyl (C=O) groups is 3. The third kappa shape index (κ3) is 4.55. The zero-order valence-corrected chi connectivity index (χ0v) is 16.3. The van der Waals surface area contributed by atoms with E-state index in [2.05, 4.69) is 10.4 Å². The summed E-state index contributed by atoms with van der Waals surface area (Å²) in [5.41, 5.74) is 8.05. The highest BCUT2D eigenvalue weighted by molar-refractivity contribution is 7.20. The van der Waals surface area contributed by atoms with Crippen LogP contribution >= 0.6 is 11.3 Å². The van der Waals surface area contributed by atoms with Crippen LogP contribution in [-0.2, 0) is 20.9 Å². The Bertz CT molecular complexity index is 1040. The molecule has 0 radical (unpaired) electrons. The van der Waals surface area contributed by atoms with E-state index in [1.807, 2.05) is 42.8 Å². The summed E-state index contributed by atoms with van der Waals surface area (Å²) >= 11 is 1.27. The molecule has 2 heterocycles. The third-order valence-electron chi connectivity index (χ3n) is 4.06. The average molecular weight is 400 g/mol. The number of aryl methyl sites for hydroxylation is 2. The number of carbonyl (C=O) groups excluding carboxylic acids is 3. The summed E-state index contributed by atoms with van der Waals surface area (Å²) in [6.45, 7) is 3.73.